The molecular weight excluding hydrogens is 152 g/mol. The van der Waals surface area contributed by atoms with Gasteiger partial charge in [0.05, 0.1) is 13.7 Å². The van der Waals surface area contributed by atoms with E-state index in [2.05, 4.69) is 6.92 Å². The second-order valence-electron chi connectivity index (χ2n) is 2.41. The van der Waals surface area contributed by atoms with Gasteiger partial charge >= 0.3 is 0 Å². The van der Waals surface area contributed by atoms with Crippen molar-refractivity contribution in [3.8, 4) is 11.5 Å². The molecule has 0 aliphatic carbocycles. The van der Waals surface area contributed by atoms with Gasteiger partial charge in [-0.2, -0.15) is 0 Å². The number of hydrogen-bond acceptors (Lipinski definition) is 2. The fourth-order valence-corrected chi connectivity index (χ4v) is 0.981. The summed E-state index contributed by atoms with van der Waals surface area (Å²) in [6.45, 7) is 6.43. The Kier molecular flexibility index (Phi) is 2.97. The van der Waals surface area contributed by atoms with E-state index < -0.39 is 0 Å². The summed E-state index contributed by atoms with van der Waals surface area (Å²) in [5, 5.41) is 0. The summed E-state index contributed by atoms with van der Waals surface area (Å²) in [4.78, 5) is 0. The largest absolute Gasteiger partial charge is 0.496 e. The predicted octanol–water partition coefficient (Wildman–Crippen LogP) is 2.28. The standard InChI is InChI=1S/C10H13O2/c1-4-12-9-6-5-8(2)10(7-9)11-3/h5-7H,2,4H2,1,3H3. The molecule has 0 atom stereocenters. The van der Waals surface area contributed by atoms with Crippen LogP contribution in [-0.2, 0) is 0 Å². The second-order valence-corrected chi connectivity index (χ2v) is 2.41. The van der Waals surface area contributed by atoms with E-state index in [4.69, 9.17) is 9.47 Å². The highest BCUT2D eigenvalue weighted by atomic mass is 16.5. The first-order chi connectivity index (χ1) is 5.77. The zero-order chi connectivity index (χ0) is 8.97. The van der Waals surface area contributed by atoms with Crippen molar-refractivity contribution in [2.45, 2.75) is 6.92 Å². The van der Waals surface area contributed by atoms with Crippen LogP contribution in [-0.4, -0.2) is 13.7 Å². The fraction of sp³-hybridized carbons (Fsp3) is 0.300. The van der Waals surface area contributed by atoms with Crippen LogP contribution < -0.4 is 9.47 Å². The van der Waals surface area contributed by atoms with Crippen molar-refractivity contribution in [1.82, 2.24) is 0 Å². The minimum atomic E-state index is 0.666. The fourth-order valence-electron chi connectivity index (χ4n) is 0.981. The molecule has 0 spiro atoms. The van der Waals surface area contributed by atoms with Crippen molar-refractivity contribution < 1.29 is 9.47 Å². The van der Waals surface area contributed by atoms with Crippen LogP contribution in [0.3, 0.4) is 0 Å². The predicted molar refractivity (Wildman–Crippen MR) is 48.6 cm³/mol. The Morgan fingerprint density at radius 1 is 1.42 bits per heavy atom. The van der Waals surface area contributed by atoms with Crippen LogP contribution in [0.1, 0.15) is 12.5 Å². The van der Waals surface area contributed by atoms with Gasteiger partial charge in [-0.3, -0.25) is 0 Å². The molecule has 0 N–H and O–H groups in total. The number of hydrogen-bond donors (Lipinski definition) is 0. The summed E-state index contributed by atoms with van der Waals surface area (Å²) in [6, 6.07) is 5.60. The van der Waals surface area contributed by atoms with E-state index >= 15 is 0 Å². The highest BCUT2D eigenvalue weighted by Gasteiger charge is 1.99. The molecular formula is C10H13O2. The quantitative estimate of drug-likeness (QED) is 0.684. The van der Waals surface area contributed by atoms with E-state index in [9.17, 15) is 0 Å². The minimum absolute atomic E-state index is 0.666. The summed E-state index contributed by atoms with van der Waals surface area (Å²) in [5.41, 5.74) is 0.876. The normalized spacial score (nSPS) is 9.58. The summed E-state index contributed by atoms with van der Waals surface area (Å²) < 4.78 is 10.4. The highest BCUT2D eigenvalue weighted by Crippen LogP contribution is 2.23. The van der Waals surface area contributed by atoms with Crippen molar-refractivity contribution in [3.05, 3.63) is 30.7 Å². The first-order valence-corrected chi connectivity index (χ1v) is 3.90. The Balaban J connectivity index is 2.89. The molecule has 0 unspecified atom stereocenters. The van der Waals surface area contributed by atoms with E-state index in [1.165, 1.54) is 0 Å². The first-order valence-electron chi connectivity index (χ1n) is 3.90. The molecule has 65 valence electrons. The number of methoxy groups -OCH3 is 1. The molecule has 12 heavy (non-hydrogen) atoms. The van der Waals surface area contributed by atoms with Gasteiger partial charge in [-0.1, -0.05) is 6.07 Å². The van der Waals surface area contributed by atoms with Crippen LogP contribution in [0.4, 0.5) is 0 Å². The SMILES string of the molecule is [CH2]c1ccc(OCC)cc1OC. The first kappa shape index (κ1) is 8.91. The Morgan fingerprint density at radius 2 is 2.17 bits per heavy atom. The Hall–Kier alpha value is -1.18. The van der Waals surface area contributed by atoms with E-state index in [1.54, 1.807) is 7.11 Å². The minimum Gasteiger partial charge on any atom is -0.496 e. The van der Waals surface area contributed by atoms with E-state index in [1.807, 2.05) is 25.1 Å². The zero-order valence-corrected chi connectivity index (χ0v) is 7.46. The third-order valence-electron chi connectivity index (χ3n) is 1.57. The van der Waals surface area contributed by atoms with Crippen LogP contribution in [0.25, 0.3) is 0 Å². The summed E-state index contributed by atoms with van der Waals surface area (Å²) in [6.07, 6.45) is 0. The maximum absolute atomic E-state index is 5.30. The average molecular weight is 165 g/mol. The maximum atomic E-state index is 5.30. The van der Waals surface area contributed by atoms with Gasteiger partial charge < -0.3 is 9.47 Å². The molecule has 0 saturated carbocycles. The van der Waals surface area contributed by atoms with Crippen molar-refractivity contribution >= 4 is 0 Å². The van der Waals surface area contributed by atoms with Crippen LogP contribution >= 0.6 is 0 Å². The molecule has 1 rings (SSSR count). The van der Waals surface area contributed by atoms with Gasteiger partial charge in [-0.15, -0.1) is 0 Å². The Bertz CT molecular complexity index is 256. The molecule has 2 heteroatoms. The molecule has 1 aromatic rings. The molecule has 0 saturated heterocycles. The molecule has 0 aliphatic heterocycles. The van der Waals surface area contributed by atoms with Crippen molar-refractivity contribution in [2.24, 2.45) is 0 Å². The third-order valence-corrected chi connectivity index (χ3v) is 1.57. The summed E-state index contributed by atoms with van der Waals surface area (Å²) in [7, 11) is 1.62. The molecule has 2 nitrogen and oxygen atoms in total. The average Bonchev–Trinajstić information content (AvgIpc) is 2.09. The summed E-state index contributed by atoms with van der Waals surface area (Å²) in [5.74, 6) is 1.59. The van der Waals surface area contributed by atoms with Crippen molar-refractivity contribution in [2.75, 3.05) is 13.7 Å². The molecule has 0 aromatic heterocycles. The lowest BCUT2D eigenvalue weighted by Gasteiger charge is -2.07. The third kappa shape index (κ3) is 1.91. The summed E-state index contributed by atoms with van der Waals surface area (Å²) >= 11 is 0. The van der Waals surface area contributed by atoms with Gasteiger partial charge in [0.25, 0.3) is 0 Å². The molecule has 1 radical (unpaired) electrons. The molecule has 0 heterocycles. The topological polar surface area (TPSA) is 18.5 Å². The van der Waals surface area contributed by atoms with Gasteiger partial charge in [-0.05, 0) is 25.5 Å². The maximum Gasteiger partial charge on any atom is 0.125 e. The lowest BCUT2D eigenvalue weighted by molar-refractivity contribution is 0.336. The lowest BCUT2D eigenvalue weighted by atomic mass is 10.2. The van der Waals surface area contributed by atoms with Crippen LogP contribution in [0, 0.1) is 6.92 Å². The van der Waals surface area contributed by atoms with Gasteiger partial charge in [0.2, 0.25) is 0 Å². The van der Waals surface area contributed by atoms with Gasteiger partial charge in [0.1, 0.15) is 11.5 Å². The van der Waals surface area contributed by atoms with Crippen molar-refractivity contribution in [3.63, 3.8) is 0 Å². The molecule has 0 fully saturated rings. The smallest absolute Gasteiger partial charge is 0.125 e. The van der Waals surface area contributed by atoms with E-state index in [0.717, 1.165) is 17.1 Å². The van der Waals surface area contributed by atoms with Crippen molar-refractivity contribution in [1.29, 1.82) is 0 Å². The molecule has 0 bridgehead atoms. The van der Waals surface area contributed by atoms with Gasteiger partial charge in [0.15, 0.2) is 0 Å². The van der Waals surface area contributed by atoms with E-state index in [-0.39, 0.29) is 0 Å². The van der Waals surface area contributed by atoms with Gasteiger partial charge in [-0.25, -0.2) is 0 Å². The number of benzene rings is 1. The van der Waals surface area contributed by atoms with Crippen LogP contribution in [0.2, 0.25) is 0 Å². The highest BCUT2D eigenvalue weighted by molar-refractivity contribution is 5.42. The monoisotopic (exact) mass is 165 g/mol. The van der Waals surface area contributed by atoms with Crippen LogP contribution in [0.5, 0.6) is 11.5 Å². The Labute approximate surface area is 73.1 Å². The number of ether oxygens (including phenoxy) is 2. The van der Waals surface area contributed by atoms with Crippen LogP contribution in [0.15, 0.2) is 18.2 Å². The molecule has 0 aliphatic rings. The molecule has 1 aromatic carbocycles. The van der Waals surface area contributed by atoms with Gasteiger partial charge in [0, 0.05) is 6.07 Å². The zero-order valence-electron chi connectivity index (χ0n) is 7.46. The second kappa shape index (κ2) is 4.00. The van der Waals surface area contributed by atoms with E-state index in [0.29, 0.717) is 6.61 Å². The molecule has 0 amide bonds. The number of rotatable bonds is 3. The Morgan fingerprint density at radius 3 is 2.75 bits per heavy atom. The lowest BCUT2D eigenvalue weighted by Crippen LogP contribution is -1.93.